The molecule has 3 aromatic rings. The molecule has 0 unspecified atom stereocenters. The molecule has 0 atom stereocenters. The fraction of sp³-hybridized carbons (Fsp3) is 0.0714. The lowest BCUT2D eigenvalue weighted by Crippen LogP contribution is -2.13. The lowest BCUT2D eigenvalue weighted by molar-refractivity contribution is 0.318. The molecule has 0 aliphatic heterocycles. The van der Waals surface area contributed by atoms with Crippen LogP contribution in [0.3, 0.4) is 0 Å². The van der Waals surface area contributed by atoms with Crippen molar-refractivity contribution < 1.29 is 5.21 Å². The monoisotopic (exact) mass is 316 g/mol. The smallest absolute Gasteiger partial charge is 0.174 e. The number of fused-ring (bicyclic) bond motifs is 1. The molecule has 0 aliphatic rings. The molecule has 0 amide bonds. The number of rotatable bonds is 3. The number of nitrogens with two attached hydrogens (primary N) is 1. The maximum Gasteiger partial charge on any atom is 0.174 e. The van der Waals surface area contributed by atoms with E-state index in [1.165, 1.54) is 11.5 Å². The quantitative estimate of drug-likeness (QED) is 0.335. The van der Waals surface area contributed by atoms with Crippen molar-refractivity contribution in [1.29, 1.82) is 0 Å². The van der Waals surface area contributed by atoms with E-state index in [0.29, 0.717) is 5.56 Å². The number of nitrogens with zero attached hydrogens (tertiary/aromatic N) is 3. The van der Waals surface area contributed by atoms with E-state index < -0.39 is 0 Å². The summed E-state index contributed by atoms with van der Waals surface area (Å²) in [5.74, 6) is 0.884. The molecule has 3 rings (SSSR count). The summed E-state index contributed by atoms with van der Waals surface area (Å²) < 4.78 is 5.09. The van der Waals surface area contributed by atoms with Crippen molar-refractivity contribution in [2.24, 2.45) is 10.9 Å². The number of aryl methyl sites for hydroxylation is 1. The first-order chi connectivity index (χ1) is 10.2. The van der Waals surface area contributed by atoms with Gasteiger partial charge in [0.25, 0.3) is 0 Å². The molecule has 2 aromatic carbocycles. The van der Waals surface area contributed by atoms with Gasteiger partial charge in [-0.3, -0.25) is 0 Å². The van der Waals surface area contributed by atoms with Gasteiger partial charge < -0.3 is 10.9 Å². The highest BCUT2D eigenvalue weighted by Crippen LogP contribution is 2.35. The van der Waals surface area contributed by atoms with Gasteiger partial charge in [0, 0.05) is 10.5 Å². The first-order valence-corrected chi connectivity index (χ1v) is 7.76. The summed E-state index contributed by atoms with van der Waals surface area (Å²) in [6.45, 7) is 1.88. The number of hydrogen-bond acceptors (Lipinski definition) is 6. The van der Waals surface area contributed by atoms with Gasteiger partial charge in [0.05, 0.1) is 0 Å². The molecule has 0 saturated carbocycles. The van der Waals surface area contributed by atoms with Crippen molar-refractivity contribution in [1.82, 2.24) is 9.36 Å². The van der Waals surface area contributed by atoms with Crippen LogP contribution in [0.25, 0.3) is 10.8 Å². The van der Waals surface area contributed by atoms with Crippen LogP contribution < -0.4 is 5.73 Å². The Morgan fingerprint density at radius 1 is 1.24 bits per heavy atom. The predicted octanol–water partition coefficient (Wildman–Crippen LogP) is 3.25. The summed E-state index contributed by atoms with van der Waals surface area (Å²) in [7, 11) is 0. The Morgan fingerprint density at radius 2 is 2.00 bits per heavy atom. The van der Waals surface area contributed by atoms with E-state index in [1.54, 1.807) is 11.8 Å². The topological polar surface area (TPSA) is 84.4 Å². The highest BCUT2D eigenvalue weighted by Gasteiger charge is 2.11. The highest BCUT2D eigenvalue weighted by atomic mass is 32.2. The molecule has 0 spiro atoms. The van der Waals surface area contributed by atoms with Crippen LogP contribution in [-0.4, -0.2) is 20.4 Å². The number of aromatic nitrogens is 2. The van der Waals surface area contributed by atoms with E-state index >= 15 is 0 Å². The van der Waals surface area contributed by atoms with Gasteiger partial charge in [0.15, 0.2) is 10.2 Å². The van der Waals surface area contributed by atoms with Crippen LogP contribution >= 0.6 is 23.3 Å². The van der Waals surface area contributed by atoms with Crippen molar-refractivity contribution in [3.8, 4) is 0 Å². The molecule has 1 aromatic heterocycles. The van der Waals surface area contributed by atoms with Crippen LogP contribution in [0.1, 0.15) is 11.4 Å². The standard InChI is InChI=1S/C14H12N4OS2/c1-8-16-14(21-18-8)20-12-7-6-11(13(15)17-19)9-4-2-3-5-10(9)12/h2-7,19H,1H3,(H2,15,17). The van der Waals surface area contributed by atoms with Crippen molar-refractivity contribution in [2.75, 3.05) is 0 Å². The molecule has 0 fully saturated rings. The summed E-state index contributed by atoms with van der Waals surface area (Å²) in [4.78, 5) is 5.43. The van der Waals surface area contributed by atoms with Gasteiger partial charge in [0.1, 0.15) is 5.82 Å². The Morgan fingerprint density at radius 3 is 2.67 bits per heavy atom. The minimum atomic E-state index is 0.106. The lowest BCUT2D eigenvalue weighted by atomic mass is 10.0. The van der Waals surface area contributed by atoms with Gasteiger partial charge in [-0.05, 0) is 41.4 Å². The Labute approximate surface area is 129 Å². The zero-order valence-corrected chi connectivity index (χ0v) is 12.8. The third kappa shape index (κ3) is 2.70. The van der Waals surface area contributed by atoms with Crippen molar-refractivity contribution in [2.45, 2.75) is 16.2 Å². The average molecular weight is 316 g/mol. The normalized spacial score (nSPS) is 12.0. The molecule has 0 bridgehead atoms. The number of amidine groups is 1. The second kappa shape index (κ2) is 5.71. The molecule has 21 heavy (non-hydrogen) atoms. The van der Waals surface area contributed by atoms with Crippen LogP contribution in [0, 0.1) is 6.92 Å². The summed E-state index contributed by atoms with van der Waals surface area (Å²) in [5, 5.41) is 14.0. The third-order valence-electron chi connectivity index (χ3n) is 2.97. The Balaban J connectivity index is 2.13. The summed E-state index contributed by atoms with van der Waals surface area (Å²) >= 11 is 2.95. The first kappa shape index (κ1) is 13.8. The van der Waals surface area contributed by atoms with Crippen LogP contribution in [0.4, 0.5) is 0 Å². The predicted molar refractivity (Wildman–Crippen MR) is 85.2 cm³/mol. The van der Waals surface area contributed by atoms with E-state index in [4.69, 9.17) is 10.9 Å². The van der Waals surface area contributed by atoms with Gasteiger partial charge in [-0.25, -0.2) is 4.98 Å². The van der Waals surface area contributed by atoms with Crippen molar-refractivity contribution in [3.63, 3.8) is 0 Å². The molecule has 7 heteroatoms. The molecular formula is C14H12N4OS2. The SMILES string of the molecule is Cc1nsc(Sc2ccc(/C(N)=N/O)c3ccccc23)n1. The van der Waals surface area contributed by atoms with Crippen molar-refractivity contribution >= 4 is 39.9 Å². The van der Waals surface area contributed by atoms with Gasteiger partial charge in [-0.15, -0.1) is 0 Å². The molecule has 106 valence electrons. The minimum Gasteiger partial charge on any atom is -0.409 e. The highest BCUT2D eigenvalue weighted by molar-refractivity contribution is 8.01. The Bertz CT molecular complexity index is 829. The van der Waals surface area contributed by atoms with Crippen molar-refractivity contribution in [3.05, 3.63) is 47.8 Å². The second-order valence-corrected chi connectivity index (χ2v) is 6.39. The maximum atomic E-state index is 8.90. The number of benzene rings is 2. The minimum absolute atomic E-state index is 0.106. The number of hydrogen-bond donors (Lipinski definition) is 2. The van der Waals surface area contributed by atoms with E-state index in [0.717, 1.165) is 25.8 Å². The first-order valence-electron chi connectivity index (χ1n) is 6.17. The Hall–Kier alpha value is -2.12. The molecule has 0 saturated heterocycles. The van der Waals surface area contributed by atoms with Crippen LogP contribution in [0.15, 0.2) is 50.8 Å². The van der Waals surface area contributed by atoms with E-state index in [1.807, 2.05) is 43.3 Å². The molecule has 0 aliphatic carbocycles. The molecule has 5 nitrogen and oxygen atoms in total. The molecular weight excluding hydrogens is 304 g/mol. The Kier molecular flexibility index (Phi) is 3.76. The number of oxime groups is 1. The van der Waals surface area contributed by atoms with E-state index in [-0.39, 0.29) is 5.84 Å². The van der Waals surface area contributed by atoms with Gasteiger partial charge in [0.2, 0.25) is 0 Å². The summed E-state index contributed by atoms with van der Waals surface area (Å²) in [5.41, 5.74) is 6.45. The summed E-state index contributed by atoms with van der Waals surface area (Å²) in [6, 6.07) is 11.7. The fourth-order valence-corrected chi connectivity index (χ4v) is 3.80. The average Bonchev–Trinajstić information content (AvgIpc) is 2.92. The summed E-state index contributed by atoms with van der Waals surface area (Å²) in [6.07, 6.45) is 0. The zero-order valence-electron chi connectivity index (χ0n) is 11.1. The third-order valence-corrected chi connectivity index (χ3v) is 4.89. The maximum absolute atomic E-state index is 8.90. The van der Waals surface area contributed by atoms with Gasteiger partial charge in [-0.1, -0.05) is 41.2 Å². The molecule has 0 radical (unpaired) electrons. The van der Waals surface area contributed by atoms with Crippen LogP contribution in [0.5, 0.6) is 0 Å². The molecule has 3 N–H and O–H groups in total. The zero-order chi connectivity index (χ0) is 14.8. The fourth-order valence-electron chi connectivity index (χ4n) is 2.05. The lowest BCUT2D eigenvalue weighted by Gasteiger charge is -2.09. The second-order valence-electron chi connectivity index (χ2n) is 4.35. The molecule has 1 heterocycles. The van der Waals surface area contributed by atoms with E-state index in [2.05, 4.69) is 14.5 Å². The van der Waals surface area contributed by atoms with Crippen LogP contribution in [-0.2, 0) is 0 Å². The largest absolute Gasteiger partial charge is 0.409 e. The van der Waals surface area contributed by atoms with Crippen LogP contribution in [0.2, 0.25) is 0 Å². The van der Waals surface area contributed by atoms with E-state index in [9.17, 15) is 0 Å². The van der Waals surface area contributed by atoms with Gasteiger partial charge in [-0.2, -0.15) is 4.37 Å². The van der Waals surface area contributed by atoms with Gasteiger partial charge >= 0.3 is 0 Å².